The number of hydrogen-bond acceptors (Lipinski definition) is 6. The van der Waals surface area contributed by atoms with E-state index in [1.807, 2.05) is 0 Å². The summed E-state index contributed by atoms with van der Waals surface area (Å²) in [5, 5.41) is 2.66. The molecule has 0 bridgehead atoms. The Balaban J connectivity index is 1.60. The minimum atomic E-state index is -3.75. The van der Waals surface area contributed by atoms with Gasteiger partial charge in [-0.1, -0.05) is 18.2 Å². The van der Waals surface area contributed by atoms with Crippen molar-refractivity contribution < 1.29 is 26.9 Å². The van der Waals surface area contributed by atoms with Crippen LogP contribution in [0.1, 0.15) is 6.92 Å². The van der Waals surface area contributed by atoms with Gasteiger partial charge in [0.25, 0.3) is 10.1 Å². The summed E-state index contributed by atoms with van der Waals surface area (Å²) in [5.41, 5.74) is 0.692. The molecule has 0 aliphatic heterocycles. The van der Waals surface area contributed by atoms with Crippen LogP contribution in [0.5, 0.6) is 5.75 Å². The van der Waals surface area contributed by atoms with Gasteiger partial charge in [-0.05, 0) is 36.4 Å². The predicted octanol–water partition coefficient (Wildman–Crippen LogP) is 2.45. The predicted molar refractivity (Wildman–Crippen MR) is 96.6 cm³/mol. The molecule has 2 aromatic carbocycles. The average molecular weight is 379 g/mol. The van der Waals surface area contributed by atoms with Gasteiger partial charge in [0, 0.05) is 12.6 Å². The lowest BCUT2D eigenvalue weighted by Crippen LogP contribution is -2.14. The number of anilines is 1. The highest BCUT2D eigenvalue weighted by Crippen LogP contribution is 2.15. The van der Waals surface area contributed by atoms with E-state index in [1.54, 1.807) is 42.5 Å². The third-order valence-electron chi connectivity index (χ3n) is 3.17. The minimum Gasteiger partial charge on any atom is -0.491 e. The molecule has 0 atom stereocenters. The summed E-state index contributed by atoms with van der Waals surface area (Å²) in [4.78, 5) is 11.0. The number of carbonyl (C=O) groups excluding carboxylic acids is 1. The zero-order valence-corrected chi connectivity index (χ0v) is 15.2. The molecule has 1 N–H and O–H groups in total. The fourth-order valence-electron chi connectivity index (χ4n) is 2.02. The molecular weight excluding hydrogens is 358 g/mol. The van der Waals surface area contributed by atoms with Crippen LogP contribution in [0, 0.1) is 0 Å². The molecular formula is C18H21NO6S. The van der Waals surface area contributed by atoms with Crippen LogP contribution in [-0.2, 0) is 23.8 Å². The van der Waals surface area contributed by atoms with Crippen LogP contribution in [-0.4, -0.2) is 40.8 Å². The average Bonchev–Trinajstić information content (AvgIpc) is 2.62. The first-order valence-electron chi connectivity index (χ1n) is 8.00. The lowest BCUT2D eigenvalue weighted by molar-refractivity contribution is -0.114. The van der Waals surface area contributed by atoms with E-state index in [0.717, 1.165) is 0 Å². The zero-order chi connectivity index (χ0) is 18.8. The minimum absolute atomic E-state index is 0.0668. The van der Waals surface area contributed by atoms with Gasteiger partial charge >= 0.3 is 0 Å². The fourth-order valence-corrected chi connectivity index (χ4v) is 2.93. The van der Waals surface area contributed by atoms with Gasteiger partial charge in [-0.25, -0.2) is 0 Å². The Bertz CT molecular complexity index is 790. The van der Waals surface area contributed by atoms with Crippen molar-refractivity contribution in [1.82, 2.24) is 0 Å². The molecule has 0 saturated carbocycles. The van der Waals surface area contributed by atoms with Gasteiger partial charge in [-0.2, -0.15) is 8.42 Å². The standard InChI is InChI=1S/C18H21NO6S/c1-15(20)19-16-7-9-17(10-8-16)24-13-11-23-12-14-25-26(21,22)18-5-3-2-4-6-18/h2-10H,11-14H2,1H3,(H,19,20). The maximum atomic E-state index is 11.9. The molecule has 8 heteroatoms. The van der Waals surface area contributed by atoms with Crippen molar-refractivity contribution >= 4 is 21.7 Å². The van der Waals surface area contributed by atoms with E-state index in [4.69, 9.17) is 13.7 Å². The van der Waals surface area contributed by atoms with Gasteiger partial charge in [0.2, 0.25) is 5.91 Å². The molecule has 0 aliphatic carbocycles. The summed E-state index contributed by atoms with van der Waals surface area (Å²) < 4.78 is 39.4. The van der Waals surface area contributed by atoms with Crippen LogP contribution in [0.3, 0.4) is 0 Å². The van der Waals surface area contributed by atoms with E-state index in [-0.39, 0.29) is 24.0 Å². The van der Waals surface area contributed by atoms with Crippen molar-refractivity contribution in [2.45, 2.75) is 11.8 Å². The molecule has 140 valence electrons. The summed E-state index contributed by atoms with van der Waals surface area (Å²) in [6.45, 7) is 2.11. The Morgan fingerprint density at radius 2 is 1.58 bits per heavy atom. The van der Waals surface area contributed by atoms with Crippen molar-refractivity contribution in [3.05, 3.63) is 54.6 Å². The van der Waals surface area contributed by atoms with Gasteiger partial charge in [0.05, 0.1) is 24.7 Å². The quantitative estimate of drug-likeness (QED) is 0.504. The number of carbonyl (C=O) groups is 1. The second kappa shape index (κ2) is 9.91. The SMILES string of the molecule is CC(=O)Nc1ccc(OCCOCCOS(=O)(=O)c2ccccc2)cc1. The van der Waals surface area contributed by atoms with E-state index >= 15 is 0 Å². The second-order valence-electron chi connectivity index (χ2n) is 5.26. The summed E-state index contributed by atoms with van der Waals surface area (Å²) in [7, 11) is -3.75. The highest BCUT2D eigenvalue weighted by atomic mass is 32.2. The van der Waals surface area contributed by atoms with E-state index in [9.17, 15) is 13.2 Å². The lowest BCUT2D eigenvalue weighted by Gasteiger charge is -2.09. The normalized spacial score (nSPS) is 11.1. The second-order valence-corrected chi connectivity index (χ2v) is 6.87. The van der Waals surface area contributed by atoms with Crippen LogP contribution in [0.4, 0.5) is 5.69 Å². The van der Waals surface area contributed by atoms with Crippen molar-refractivity contribution in [3.63, 3.8) is 0 Å². The van der Waals surface area contributed by atoms with E-state index in [2.05, 4.69) is 5.32 Å². The first kappa shape index (κ1) is 19.9. The molecule has 0 aliphatic rings. The summed E-state index contributed by atoms with van der Waals surface area (Å²) in [6, 6.07) is 14.9. The Labute approximate surface area is 153 Å². The van der Waals surface area contributed by atoms with Gasteiger partial charge in [-0.3, -0.25) is 8.98 Å². The molecule has 0 fully saturated rings. The van der Waals surface area contributed by atoms with Crippen molar-refractivity contribution in [2.24, 2.45) is 0 Å². The van der Waals surface area contributed by atoms with Crippen LogP contribution < -0.4 is 10.1 Å². The van der Waals surface area contributed by atoms with E-state index in [0.29, 0.717) is 24.7 Å². The first-order chi connectivity index (χ1) is 12.5. The van der Waals surface area contributed by atoms with E-state index < -0.39 is 10.1 Å². The number of nitrogens with one attached hydrogen (secondary N) is 1. The van der Waals surface area contributed by atoms with Crippen LogP contribution >= 0.6 is 0 Å². The third-order valence-corrected chi connectivity index (χ3v) is 4.50. The number of rotatable bonds is 10. The van der Waals surface area contributed by atoms with Crippen LogP contribution in [0.25, 0.3) is 0 Å². The lowest BCUT2D eigenvalue weighted by atomic mass is 10.3. The molecule has 2 rings (SSSR count). The number of benzene rings is 2. The molecule has 0 radical (unpaired) electrons. The van der Waals surface area contributed by atoms with Gasteiger partial charge in [0.15, 0.2) is 0 Å². The van der Waals surface area contributed by atoms with Crippen LogP contribution in [0.15, 0.2) is 59.5 Å². The van der Waals surface area contributed by atoms with Crippen LogP contribution in [0.2, 0.25) is 0 Å². The molecule has 2 aromatic rings. The first-order valence-corrected chi connectivity index (χ1v) is 9.41. The highest BCUT2D eigenvalue weighted by Gasteiger charge is 2.13. The highest BCUT2D eigenvalue weighted by molar-refractivity contribution is 7.86. The van der Waals surface area contributed by atoms with E-state index in [1.165, 1.54) is 19.1 Å². The smallest absolute Gasteiger partial charge is 0.297 e. The monoisotopic (exact) mass is 379 g/mol. The summed E-state index contributed by atoms with van der Waals surface area (Å²) >= 11 is 0. The third kappa shape index (κ3) is 6.83. The molecule has 26 heavy (non-hydrogen) atoms. The maximum Gasteiger partial charge on any atom is 0.297 e. The van der Waals surface area contributed by atoms with Gasteiger partial charge in [0.1, 0.15) is 12.4 Å². The van der Waals surface area contributed by atoms with Crippen molar-refractivity contribution in [3.8, 4) is 5.75 Å². The topological polar surface area (TPSA) is 90.9 Å². The Morgan fingerprint density at radius 3 is 2.23 bits per heavy atom. The van der Waals surface area contributed by atoms with Crippen molar-refractivity contribution in [2.75, 3.05) is 31.7 Å². The zero-order valence-electron chi connectivity index (χ0n) is 14.4. The number of hydrogen-bond donors (Lipinski definition) is 1. The van der Waals surface area contributed by atoms with Crippen molar-refractivity contribution in [1.29, 1.82) is 0 Å². The molecule has 0 heterocycles. The number of amides is 1. The fraction of sp³-hybridized carbons (Fsp3) is 0.278. The van der Waals surface area contributed by atoms with Gasteiger partial charge < -0.3 is 14.8 Å². The molecule has 0 saturated heterocycles. The molecule has 1 amide bonds. The largest absolute Gasteiger partial charge is 0.491 e. The summed E-state index contributed by atoms with van der Waals surface area (Å²) in [6.07, 6.45) is 0. The Kier molecular flexibility index (Phi) is 7.58. The molecule has 0 spiro atoms. The molecule has 0 unspecified atom stereocenters. The Hall–Kier alpha value is -2.42. The van der Waals surface area contributed by atoms with Gasteiger partial charge in [-0.15, -0.1) is 0 Å². The molecule has 7 nitrogen and oxygen atoms in total. The Morgan fingerprint density at radius 1 is 0.923 bits per heavy atom. The molecule has 0 aromatic heterocycles. The summed E-state index contributed by atoms with van der Waals surface area (Å²) in [5.74, 6) is 0.508. The number of ether oxygens (including phenoxy) is 2. The maximum absolute atomic E-state index is 11.9.